The molecule has 0 atom stereocenters. The lowest BCUT2D eigenvalue weighted by atomic mass is 10.1. The zero-order valence-electron chi connectivity index (χ0n) is 39.6. The second-order valence-electron chi connectivity index (χ2n) is 17.4. The molecule has 6 heterocycles. The van der Waals surface area contributed by atoms with Crippen molar-refractivity contribution in [3.63, 3.8) is 0 Å². The van der Waals surface area contributed by atoms with Crippen molar-refractivity contribution in [2.45, 2.75) is 132 Å². The maximum absolute atomic E-state index is 12.8. The molecule has 0 bridgehead atoms. The van der Waals surface area contributed by atoms with E-state index in [1.54, 1.807) is 26.0 Å². The monoisotopic (exact) mass is 997 g/mol. The van der Waals surface area contributed by atoms with Crippen LogP contribution in [0.2, 0.25) is 0 Å². The van der Waals surface area contributed by atoms with E-state index in [-0.39, 0.29) is 85.9 Å². The Kier molecular flexibility index (Phi) is 18.5. The van der Waals surface area contributed by atoms with Crippen LogP contribution in [0.5, 0.6) is 0 Å². The van der Waals surface area contributed by atoms with Gasteiger partial charge in [0.05, 0.1) is 35.6 Å². The standard InChI is InChI=1S/C32H34N6O5S2.C10H13N3O3.C5H8N2O2/c1-5-17-36(27(40)15-16-32(4)34-35-32)20-22(39)10-8-9-18-37-25-12-7-6-11-24(25)33-30(37)45-28-14-13-23(43-28)19-26-29(41)38(21(2)3)31(42)44-26;1-3-6-13(7-9(15)16)8(14)4-5-10(2)11-12-10;1-5(6-7-5)3-2-4(8)9/h1,6-7,11-14,19,21H,8-10,15-18,20H2,2-4H3;1H,4-7H2,2H3,(H,15,16);2-3H2,1H3,(H,8,9)/b26-19-;;. The number of imidazole rings is 1. The maximum Gasteiger partial charge on any atom is 0.323 e. The first-order valence-corrected chi connectivity index (χ1v) is 24.0. The Hall–Kier alpha value is -6.98. The predicted molar refractivity (Wildman–Crippen MR) is 258 cm³/mol. The molecule has 2 N–H and O–H groups in total. The number of aromatic nitrogens is 2. The summed E-state index contributed by atoms with van der Waals surface area (Å²) in [6.07, 6.45) is 15.9. The number of aliphatic carboxylic acids is 2. The highest BCUT2D eigenvalue weighted by Crippen LogP contribution is 2.37. The number of terminal acetylenes is 2. The maximum atomic E-state index is 12.8. The van der Waals surface area contributed by atoms with Gasteiger partial charge in [0, 0.05) is 63.6 Å². The first-order valence-electron chi connectivity index (χ1n) is 22.4. The van der Waals surface area contributed by atoms with Crippen LogP contribution in [0.3, 0.4) is 0 Å². The zero-order valence-corrected chi connectivity index (χ0v) is 41.2. The highest BCUT2D eigenvalue weighted by molar-refractivity contribution is 8.18. The van der Waals surface area contributed by atoms with E-state index in [0.717, 1.165) is 39.3 Å². The zero-order chi connectivity index (χ0) is 51.2. The van der Waals surface area contributed by atoms with Crippen LogP contribution >= 0.6 is 23.5 Å². The molecule has 3 aromatic rings. The lowest BCUT2D eigenvalue weighted by Gasteiger charge is -2.20. The number of imide groups is 1. The number of Topliss-reactive ketones (excluding diaryl/α,β-unsaturated/α-hetero) is 1. The number of furan rings is 1. The summed E-state index contributed by atoms with van der Waals surface area (Å²) in [6.45, 7) is 9.44. The van der Waals surface area contributed by atoms with Crippen LogP contribution in [-0.2, 0) is 35.3 Å². The van der Waals surface area contributed by atoms with Gasteiger partial charge in [-0.2, -0.15) is 30.7 Å². The smallest absolute Gasteiger partial charge is 0.323 e. The molecule has 4 aliphatic rings. The largest absolute Gasteiger partial charge is 0.481 e. The van der Waals surface area contributed by atoms with Crippen LogP contribution in [0, 0.1) is 24.7 Å². The molecule has 370 valence electrons. The molecule has 23 heteroatoms. The summed E-state index contributed by atoms with van der Waals surface area (Å²) in [5.74, 6) is 2.55. The number of benzene rings is 1. The number of carbonyl (C=O) groups excluding carboxylic acids is 5. The Labute approximate surface area is 413 Å². The van der Waals surface area contributed by atoms with Gasteiger partial charge in [-0.3, -0.25) is 38.5 Å². The summed E-state index contributed by atoms with van der Waals surface area (Å²) in [7, 11) is 0. The molecule has 21 nitrogen and oxygen atoms in total. The normalized spacial score (nSPS) is 16.5. The fourth-order valence-electron chi connectivity index (χ4n) is 6.59. The molecule has 70 heavy (non-hydrogen) atoms. The molecule has 1 fully saturated rings. The fourth-order valence-corrected chi connectivity index (χ4v) is 8.43. The van der Waals surface area contributed by atoms with Crippen molar-refractivity contribution in [3.05, 3.63) is 47.1 Å². The molecule has 0 unspecified atom stereocenters. The highest BCUT2D eigenvalue weighted by atomic mass is 32.2. The van der Waals surface area contributed by atoms with Gasteiger partial charge in [-0.1, -0.05) is 24.0 Å². The van der Waals surface area contributed by atoms with E-state index in [2.05, 4.69) is 47.1 Å². The number of fused-ring (bicyclic) bond motifs is 1. The molecule has 4 aliphatic heterocycles. The predicted octanol–water partition coefficient (Wildman–Crippen LogP) is 7.92. The number of aryl methyl sites for hydroxylation is 1. The first-order chi connectivity index (χ1) is 33.2. The van der Waals surface area contributed by atoms with Crippen LogP contribution in [0.4, 0.5) is 4.79 Å². The van der Waals surface area contributed by atoms with Crippen molar-refractivity contribution in [1.82, 2.24) is 24.3 Å². The summed E-state index contributed by atoms with van der Waals surface area (Å²) in [5.41, 5.74) is 0.543. The van der Waals surface area contributed by atoms with Crippen molar-refractivity contribution in [3.8, 4) is 24.7 Å². The summed E-state index contributed by atoms with van der Waals surface area (Å²) in [4.78, 5) is 91.3. The van der Waals surface area contributed by atoms with E-state index >= 15 is 0 Å². The number of carboxylic acid groups (broad SMARTS) is 2. The van der Waals surface area contributed by atoms with Gasteiger partial charge in [0.1, 0.15) is 12.3 Å². The van der Waals surface area contributed by atoms with Gasteiger partial charge >= 0.3 is 11.9 Å². The molecule has 0 aliphatic carbocycles. The fraction of sp³-hybridized carbons (Fsp3) is 0.489. The molecule has 1 aromatic carbocycles. The van der Waals surface area contributed by atoms with Gasteiger partial charge in [-0.25, -0.2) is 4.98 Å². The number of thioether (sulfide) groups is 1. The van der Waals surface area contributed by atoms with Gasteiger partial charge in [0.2, 0.25) is 11.8 Å². The van der Waals surface area contributed by atoms with Gasteiger partial charge < -0.3 is 29.0 Å². The van der Waals surface area contributed by atoms with Gasteiger partial charge in [-0.05, 0) is 95.2 Å². The minimum absolute atomic E-state index is 0.00606. The van der Waals surface area contributed by atoms with E-state index in [0.29, 0.717) is 54.4 Å². The van der Waals surface area contributed by atoms with Crippen molar-refractivity contribution in [2.75, 3.05) is 26.2 Å². The lowest BCUT2D eigenvalue weighted by molar-refractivity contribution is -0.144. The van der Waals surface area contributed by atoms with Gasteiger partial charge in [0.25, 0.3) is 11.1 Å². The van der Waals surface area contributed by atoms with Crippen molar-refractivity contribution in [2.24, 2.45) is 30.7 Å². The molecule has 0 spiro atoms. The Morgan fingerprint density at radius 2 is 1.34 bits per heavy atom. The third-order valence-electron chi connectivity index (χ3n) is 10.8. The summed E-state index contributed by atoms with van der Waals surface area (Å²) >= 11 is 2.27. The number of hydrogen-bond acceptors (Lipinski definition) is 17. The molecular weight excluding hydrogens is 943 g/mol. The van der Waals surface area contributed by atoms with Crippen molar-refractivity contribution < 1.29 is 48.2 Å². The molecular formula is C47H55N11O10S2. The number of ketones is 1. The minimum atomic E-state index is -1.07. The molecule has 4 amide bonds. The second kappa shape index (κ2) is 24.0. The van der Waals surface area contributed by atoms with Crippen LogP contribution in [0.1, 0.15) is 98.2 Å². The molecule has 0 radical (unpaired) electrons. The third-order valence-corrected chi connectivity index (χ3v) is 12.6. The number of amides is 4. The second-order valence-corrected chi connectivity index (χ2v) is 19.3. The average molecular weight is 998 g/mol. The Morgan fingerprint density at radius 3 is 1.86 bits per heavy atom. The summed E-state index contributed by atoms with van der Waals surface area (Å²) in [6, 6.07) is 11.2. The Bertz CT molecular complexity index is 2670. The first kappa shape index (κ1) is 54.0. The molecule has 0 saturated carbocycles. The van der Waals surface area contributed by atoms with Crippen molar-refractivity contribution in [1.29, 1.82) is 0 Å². The number of unbranched alkanes of at least 4 members (excludes halogenated alkanes) is 1. The van der Waals surface area contributed by atoms with E-state index in [4.69, 9.17) is 32.5 Å². The van der Waals surface area contributed by atoms with E-state index in [1.165, 1.54) is 21.6 Å². The number of nitrogens with zero attached hydrogens (tertiary/aromatic N) is 11. The lowest BCUT2D eigenvalue weighted by Crippen LogP contribution is -2.36. The van der Waals surface area contributed by atoms with Crippen LogP contribution in [0.15, 0.2) is 86.7 Å². The number of para-hydroxylation sites is 2. The van der Waals surface area contributed by atoms with Crippen LogP contribution in [0.25, 0.3) is 17.1 Å². The van der Waals surface area contributed by atoms with Crippen LogP contribution in [-0.4, -0.2) is 124 Å². The number of carbonyl (C=O) groups is 7. The highest BCUT2D eigenvalue weighted by Gasteiger charge is 2.38. The molecule has 2 aromatic heterocycles. The quantitative estimate of drug-likeness (QED) is 0.0491. The Morgan fingerprint density at radius 1 is 0.786 bits per heavy atom. The summed E-state index contributed by atoms with van der Waals surface area (Å²) < 4.78 is 8.09. The minimum Gasteiger partial charge on any atom is -0.481 e. The SMILES string of the molecule is C#CCN(CC(=O)CCCCn1c(Sc2ccc(/C=C3\SC(=O)N(C(C)C)C3=O)o2)nc2ccccc21)C(=O)CCC1(C)N=N1.C#CCN(CC(=O)O)C(=O)CCC1(C)N=N1.CC1(CCC(=O)O)N=N1. The van der Waals surface area contributed by atoms with Crippen LogP contribution < -0.4 is 0 Å². The average Bonchev–Trinajstić information content (AvgIpc) is 4.26. The molecule has 7 rings (SSSR count). The van der Waals surface area contributed by atoms with E-state index in [9.17, 15) is 33.6 Å². The number of hydrogen-bond donors (Lipinski definition) is 2. The molecule has 1 saturated heterocycles. The van der Waals surface area contributed by atoms with Crippen molar-refractivity contribution >= 4 is 81.3 Å². The summed E-state index contributed by atoms with van der Waals surface area (Å²) in [5, 5.41) is 40.6. The van der Waals surface area contributed by atoms with Gasteiger partial charge in [0.15, 0.2) is 33.0 Å². The van der Waals surface area contributed by atoms with E-state index in [1.807, 2.05) is 51.1 Å². The van der Waals surface area contributed by atoms with E-state index < -0.39 is 23.3 Å². The Balaban J connectivity index is 0.000000296. The number of rotatable bonds is 24. The topological polar surface area (TPSA) is 275 Å². The number of carboxylic acids is 2. The van der Waals surface area contributed by atoms with Gasteiger partial charge in [-0.15, -0.1) is 12.8 Å². The third kappa shape index (κ3) is 16.6.